The number of methoxy groups -OCH3 is 1. The third kappa shape index (κ3) is 4.33. The second kappa shape index (κ2) is 7.94. The molecule has 0 saturated carbocycles. The summed E-state index contributed by atoms with van der Waals surface area (Å²) in [6.45, 7) is 2.33. The SMILES string of the molecule is CCOc1ccc(S(=O)(=O)NC(C(=O)OC)c2ccccc2)cc1. The molecule has 0 aliphatic heterocycles. The number of rotatable bonds is 7. The number of carbonyl (C=O) groups is 1. The van der Waals surface area contributed by atoms with Gasteiger partial charge in [-0.1, -0.05) is 30.3 Å². The van der Waals surface area contributed by atoms with E-state index in [0.717, 1.165) is 0 Å². The number of hydrogen-bond donors (Lipinski definition) is 1. The van der Waals surface area contributed by atoms with Crippen molar-refractivity contribution >= 4 is 16.0 Å². The van der Waals surface area contributed by atoms with Gasteiger partial charge in [-0.15, -0.1) is 0 Å². The Hall–Kier alpha value is -2.38. The lowest BCUT2D eigenvalue weighted by molar-refractivity contribution is -0.142. The summed E-state index contributed by atoms with van der Waals surface area (Å²) < 4.78 is 37.5. The van der Waals surface area contributed by atoms with Crippen LogP contribution in [0, 0.1) is 0 Å². The number of nitrogens with one attached hydrogen (secondary N) is 1. The van der Waals surface area contributed by atoms with Gasteiger partial charge in [0.2, 0.25) is 10.0 Å². The second-order valence-corrected chi connectivity index (χ2v) is 6.61. The van der Waals surface area contributed by atoms with Gasteiger partial charge in [-0.05, 0) is 36.8 Å². The zero-order chi connectivity index (χ0) is 17.6. The molecule has 6 nitrogen and oxygen atoms in total. The Morgan fingerprint density at radius 2 is 1.71 bits per heavy atom. The molecule has 0 bridgehead atoms. The standard InChI is InChI=1S/C17H19NO5S/c1-3-23-14-9-11-15(12-10-14)24(20,21)18-16(17(19)22-2)13-7-5-4-6-8-13/h4-12,16,18H,3H2,1-2H3. The predicted octanol–water partition coefficient (Wildman–Crippen LogP) is 2.28. The number of ether oxygens (including phenoxy) is 2. The molecule has 0 aliphatic rings. The van der Waals surface area contributed by atoms with Crippen molar-refractivity contribution in [2.75, 3.05) is 13.7 Å². The maximum absolute atomic E-state index is 12.5. The largest absolute Gasteiger partial charge is 0.494 e. The molecule has 0 amide bonds. The van der Waals surface area contributed by atoms with Crippen molar-refractivity contribution in [3.8, 4) is 5.75 Å². The van der Waals surface area contributed by atoms with E-state index in [-0.39, 0.29) is 4.90 Å². The normalized spacial score (nSPS) is 12.4. The number of carbonyl (C=O) groups excluding carboxylic acids is 1. The van der Waals surface area contributed by atoms with Crippen LogP contribution >= 0.6 is 0 Å². The molecule has 1 atom stereocenters. The summed E-state index contributed by atoms with van der Waals surface area (Å²) >= 11 is 0. The molecule has 2 aromatic rings. The summed E-state index contributed by atoms with van der Waals surface area (Å²) in [7, 11) is -2.69. The van der Waals surface area contributed by atoms with Crippen LogP contribution in [-0.2, 0) is 19.6 Å². The molecule has 7 heteroatoms. The lowest BCUT2D eigenvalue weighted by Gasteiger charge is -2.17. The molecule has 0 heterocycles. The maximum atomic E-state index is 12.5. The highest BCUT2D eigenvalue weighted by Gasteiger charge is 2.27. The first kappa shape index (κ1) is 18.0. The minimum atomic E-state index is -3.90. The third-order valence-electron chi connectivity index (χ3n) is 3.29. The molecule has 0 fully saturated rings. The van der Waals surface area contributed by atoms with Crippen LogP contribution in [0.25, 0.3) is 0 Å². The Balaban J connectivity index is 2.28. The van der Waals surface area contributed by atoms with Gasteiger partial charge in [0.15, 0.2) is 0 Å². The number of hydrogen-bond acceptors (Lipinski definition) is 5. The van der Waals surface area contributed by atoms with Gasteiger partial charge >= 0.3 is 5.97 Å². The van der Waals surface area contributed by atoms with Crippen molar-refractivity contribution in [1.82, 2.24) is 4.72 Å². The van der Waals surface area contributed by atoms with Gasteiger partial charge in [0, 0.05) is 0 Å². The van der Waals surface area contributed by atoms with Gasteiger partial charge in [0.1, 0.15) is 11.8 Å². The van der Waals surface area contributed by atoms with Gasteiger partial charge in [-0.25, -0.2) is 13.2 Å². The molecule has 128 valence electrons. The van der Waals surface area contributed by atoms with Gasteiger partial charge < -0.3 is 9.47 Å². The molecule has 2 rings (SSSR count). The lowest BCUT2D eigenvalue weighted by Crippen LogP contribution is -2.34. The highest BCUT2D eigenvalue weighted by Crippen LogP contribution is 2.20. The van der Waals surface area contributed by atoms with E-state index in [1.54, 1.807) is 42.5 Å². The van der Waals surface area contributed by atoms with E-state index in [0.29, 0.717) is 17.9 Å². The Morgan fingerprint density at radius 3 is 2.25 bits per heavy atom. The zero-order valence-corrected chi connectivity index (χ0v) is 14.2. The molecule has 2 aromatic carbocycles. The minimum Gasteiger partial charge on any atom is -0.494 e. The third-order valence-corrected chi connectivity index (χ3v) is 4.73. The molecular formula is C17H19NO5S. The van der Waals surface area contributed by atoms with Crippen molar-refractivity contribution in [2.45, 2.75) is 17.9 Å². The topological polar surface area (TPSA) is 81.7 Å². The van der Waals surface area contributed by atoms with Gasteiger partial charge in [-0.2, -0.15) is 4.72 Å². The molecule has 0 aromatic heterocycles. The van der Waals surface area contributed by atoms with E-state index in [1.165, 1.54) is 19.2 Å². The molecule has 0 saturated heterocycles. The smallest absolute Gasteiger partial charge is 0.328 e. The van der Waals surface area contributed by atoms with Gasteiger partial charge in [0.05, 0.1) is 18.6 Å². The van der Waals surface area contributed by atoms with Crippen LogP contribution in [0.2, 0.25) is 0 Å². The molecular weight excluding hydrogens is 330 g/mol. The summed E-state index contributed by atoms with van der Waals surface area (Å²) in [6, 6.07) is 13.4. The monoisotopic (exact) mass is 349 g/mol. The summed E-state index contributed by atoms with van der Waals surface area (Å²) in [5, 5.41) is 0. The minimum absolute atomic E-state index is 0.0378. The van der Waals surface area contributed by atoms with E-state index < -0.39 is 22.0 Å². The average molecular weight is 349 g/mol. The number of benzene rings is 2. The van der Waals surface area contributed by atoms with Crippen molar-refractivity contribution < 1.29 is 22.7 Å². The number of sulfonamides is 1. The first-order valence-corrected chi connectivity index (χ1v) is 8.84. The molecule has 0 radical (unpaired) electrons. The zero-order valence-electron chi connectivity index (χ0n) is 13.4. The van der Waals surface area contributed by atoms with Crippen molar-refractivity contribution in [1.29, 1.82) is 0 Å². The van der Waals surface area contributed by atoms with Crippen LogP contribution < -0.4 is 9.46 Å². The highest BCUT2D eigenvalue weighted by atomic mass is 32.2. The second-order valence-electron chi connectivity index (χ2n) is 4.89. The Labute approximate surface area is 141 Å². The summed E-state index contributed by atoms with van der Waals surface area (Å²) in [5.74, 6) is -0.111. The lowest BCUT2D eigenvalue weighted by atomic mass is 10.1. The van der Waals surface area contributed by atoms with Crippen LogP contribution in [0.3, 0.4) is 0 Å². The first-order valence-electron chi connectivity index (χ1n) is 7.36. The summed E-state index contributed by atoms with van der Waals surface area (Å²) in [6.07, 6.45) is 0. The van der Waals surface area contributed by atoms with Crippen molar-refractivity contribution in [3.05, 3.63) is 60.2 Å². The van der Waals surface area contributed by atoms with Crippen LogP contribution in [0.15, 0.2) is 59.5 Å². The van der Waals surface area contributed by atoms with E-state index >= 15 is 0 Å². The van der Waals surface area contributed by atoms with Crippen LogP contribution in [-0.4, -0.2) is 28.1 Å². The van der Waals surface area contributed by atoms with Gasteiger partial charge in [-0.3, -0.25) is 0 Å². The van der Waals surface area contributed by atoms with E-state index in [1.807, 2.05) is 6.92 Å². The van der Waals surface area contributed by atoms with Crippen molar-refractivity contribution in [3.63, 3.8) is 0 Å². The fraction of sp³-hybridized carbons (Fsp3) is 0.235. The highest BCUT2D eigenvalue weighted by molar-refractivity contribution is 7.89. The maximum Gasteiger partial charge on any atom is 0.328 e. The molecule has 1 unspecified atom stereocenters. The van der Waals surface area contributed by atoms with E-state index in [2.05, 4.69) is 4.72 Å². The van der Waals surface area contributed by atoms with Gasteiger partial charge in [0.25, 0.3) is 0 Å². The predicted molar refractivity (Wildman–Crippen MR) is 89.1 cm³/mol. The van der Waals surface area contributed by atoms with E-state index in [9.17, 15) is 13.2 Å². The molecule has 24 heavy (non-hydrogen) atoms. The van der Waals surface area contributed by atoms with E-state index in [4.69, 9.17) is 9.47 Å². The van der Waals surface area contributed by atoms with Crippen molar-refractivity contribution in [2.24, 2.45) is 0 Å². The Bertz CT molecular complexity index is 772. The van der Waals surface area contributed by atoms with Crippen LogP contribution in [0.1, 0.15) is 18.5 Å². The molecule has 0 aliphatic carbocycles. The molecule has 0 spiro atoms. The quantitative estimate of drug-likeness (QED) is 0.776. The Morgan fingerprint density at radius 1 is 1.08 bits per heavy atom. The van der Waals surface area contributed by atoms with Crippen LogP contribution in [0.5, 0.6) is 5.75 Å². The molecule has 1 N–H and O–H groups in total. The fourth-order valence-electron chi connectivity index (χ4n) is 2.12. The fourth-order valence-corrected chi connectivity index (χ4v) is 3.29. The number of esters is 1. The average Bonchev–Trinajstić information content (AvgIpc) is 2.60. The van der Waals surface area contributed by atoms with Crippen LogP contribution in [0.4, 0.5) is 0 Å². The Kier molecular flexibility index (Phi) is 5.94. The first-order chi connectivity index (χ1) is 11.5. The summed E-state index contributed by atoms with van der Waals surface area (Å²) in [5.41, 5.74) is 0.499. The summed E-state index contributed by atoms with van der Waals surface area (Å²) in [4.78, 5) is 12.0.